The largest absolute Gasteiger partial charge is 0.297 e. The number of benzene rings is 1. The third-order valence-corrected chi connectivity index (χ3v) is 3.71. The minimum atomic E-state index is 0.321. The van der Waals surface area contributed by atoms with Gasteiger partial charge in [-0.05, 0) is 38.4 Å². The highest BCUT2D eigenvalue weighted by atomic mass is 15.2. The van der Waals surface area contributed by atoms with E-state index in [2.05, 4.69) is 49.2 Å². The minimum absolute atomic E-state index is 0.321. The molecule has 1 fully saturated rings. The van der Waals surface area contributed by atoms with Crippen molar-refractivity contribution in [2.75, 3.05) is 13.6 Å². The number of hydrogen-bond donors (Lipinski definition) is 0. The predicted molar refractivity (Wildman–Crippen MR) is 60.3 cm³/mol. The van der Waals surface area contributed by atoms with Gasteiger partial charge in [0.05, 0.1) is 0 Å². The highest BCUT2D eigenvalue weighted by Gasteiger charge is 2.38. The van der Waals surface area contributed by atoms with Crippen molar-refractivity contribution < 1.29 is 0 Å². The second kappa shape index (κ2) is 3.74. The Bertz CT molecular complexity index is 293. The van der Waals surface area contributed by atoms with Gasteiger partial charge in [-0.1, -0.05) is 37.3 Å². The van der Waals surface area contributed by atoms with Crippen LogP contribution in [0, 0.1) is 0 Å². The molecule has 0 N–H and O–H groups in total. The Morgan fingerprint density at radius 3 is 2.50 bits per heavy atom. The molecule has 0 spiro atoms. The number of rotatable bonds is 2. The van der Waals surface area contributed by atoms with Crippen molar-refractivity contribution in [1.29, 1.82) is 0 Å². The van der Waals surface area contributed by atoms with E-state index in [0.717, 1.165) is 0 Å². The molecule has 1 nitrogen and oxygen atoms in total. The van der Waals surface area contributed by atoms with Gasteiger partial charge in [0.15, 0.2) is 0 Å². The first kappa shape index (κ1) is 9.72. The van der Waals surface area contributed by atoms with Gasteiger partial charge in [0, 0.05) is 5.54 Å². The lowest BCUT2D eigenvalue weighted by Crippen LogP contribution is -2.37. The summed E-state index contributed by atoms with van der Waals surface area (Å²) in [5.41, 5.74) is 1.81. The van der Waals surface area contributed by atoms with E-state index < -0.39 is 0 Å². The fourth-order valence-electron chi connectivity index (χ4n) is 2.78. The van der Waals surface area contributed by atoms with Crippen LogP contribution in [-0.2, 0) is 5.54 Å². The maximum atomic E-state index is 2.52. The average molecular weight is 189 g/mol. The summed E-state index contributed by atoms with van der Waals surface area (Å²) in [7, 11) is 2.25. The number of nitrogens with zero attached hydrogens (tertiary/aromatic N) is 1. The Morgan fingerprint density at radius 1 is 1.29 bits per heavy atom. The SMILES string of the molecule is CCC1(c2ccccc2)CCCN1C. The van der Waals surface area contributed by atoms with Crippen molar-refractivity contribution in [2.45, 2.75) is 31.7 Å². The van der Waals surface area contributed by atoms with E-state index in [-0.39, 0.29) is 0 Å². The highest BCUT2D eigenvalue weighted by Crippen LogP contribution is 2.40. The molecular formula is C13H19N. The second-order valence-electron chi connectivity index (χ2n) is 4.28. The summed E-state index contributed by atoms with van der Waals surface area (Å²) in [6, 6.07) is 10.9. The Labute approximate surface area is 86.7 Å². The van der Waals surface area contributed by atoms with E-state index in [1.165, 1.54) is 31.4 Å². The quantitative estimate of drug-likeness (QED) is 0.691. The minimum Gasteiger partial charge on any atom is -0.297 e. The zero-order chi connectivity index (χ0) is 10.0. The molecule has 1 aliphatic heterocycles. The molecule has 2 rings (SSSR count). The summed E-state index contributed by atoms with van der Waals surface area (Å²) >= 11 is 0. The van der Waals surface area contributed by atoms with Crippen molar-refractivity contribution in [3.05, 3.63) is 35.9 Å². The molecule has 0 saturated carbocycles. The van der Waals surface area contributed by atoms with Gasteiger partial charge >= 0.3 is 0 Å². The van der Waals surface area contributed by atoms with Gasteiger partial charge in [-0.15, -0.1) is 0 Å². The van der Waals surface area contributed by atoms with Gasteiger partial charge in [0.2, 0.25) is 0 Å². The summed E-state index contributed by atoms with van der Waals surface area (Å²) in [6.07, 6.45) is 3.86. The monoisotopic (exact) mass is 189 g/mol. The normalized spacial score (nSPS) is 28.1. The fraction of sp³-hybridized carbons (Fsp3) is 0.538. The van der Waals surface area contributed by atoms with E-state index in [1.54, 1.807) is 0 Å². The smallest absolute Gasteiger partial charge is 0.0455 e. The van der Waals surface area contributed by atoms with Crippen molar-refractivity contribution in [3.63, 3.8) is 0 Å². The topological polar surface area (TPSA) is 3.24 Å². The van der Waals surface area contributed by atoms with Gasteiger partial charge in [-0.3, -0.25) is 4.90 Å². The molecule has 0 radical (unpaired) electrons. The van der Waals surface area contributed by atoms with Gasteiger partial charge in [0.1, 0.15) is 0 Å². The van der Waals surface area contributed by atoms with Crippen LogP contribution in [0.4, 0.5) is 0 Å². The molecule has 76 valence electrons. The van der Waals surface area contributed by atoms with Crippen LogP contribution in [0.5, 0.6) is 0 Å². The van der Waals surface area contributed by atoms with Crippen LogP contribution in [0.25, 0.3) is 0 Å². The Balaban J connectivity index is 2.38. The summed E-state index contributed by atoms with van der Waals surface area (Å²) in [5, 5.41) is 0. The summed E-state index contributed by atoms with van der Waals surface area (Å²) in [4.78, 5) is 2.52. The van der Waals surface area contributed by atoms with E-state index in [9.17, 15) is 0 Å². The Morgan fingerprint density at radius 2 is 2.00 bits per heavy atom. The third kappa shape index (κ3) is 1.36. The third-order valence-electron chi connectivity index (χ3n) is 3.71. The lowest BCUT2D eigenvalue weighted by atomic mass is 9.85. The number of likely N-dealkylation sites (tertiary alicyclic amines) is 1. The van der Waals surface area contributed by atoms with Crippen molar-refractivity contribution in [1.82, 2.24) is 4.90 Å². The van der Waals surface area contributed by atoms with E-state index in [4.69, 9.17) is 0 Å². The molecule has 0 bridgehead atoms. The summed E-state index contributed by atoms with van der Waals surface area (Å²) < 4.78 is 0. The first-order chi connectivity index (χ1) is 6.79. The van der Waals surface area contributed by atoms with Crippen LogP contribution < -0.4 is 0 Å². The van der Waals surface area contributed by atoms with Crippen LogP contribution in [0.1, 0.15) is 31.7 Å². The van der Waals surface area contributed by atoms with Crippen LogP contribution >= 0.6 is 0 Å². The van der Waals surface area contributed by atoms with Crippen LogP contribution in [0.3, 0.4) is 0 Å². The molecule has 0 aliphatic carbocycles. The summed E-state index contributed by atoms with van der Waals surface area (Å²) in [6.45, 7) is 3.54. The van der Waals surface area contributed by atoms with E-state index in [0.29, 0.717) is 5.54 Å². The fourth-order valence-corrected chi connectivity index (χ4v) is 2.78. The zero-order valence-electron chi connectivity index (χ0n) is 9.16. The molecule has 0 amide bonds. The van der Waals surface area contributed by atoms with Crippen LogP contribution in [0.2, 0.25) is 0 Å². The van der Waals surface area contributed by atoms with Crippen LogP contribution in [0.15, 0.2) is 30.3 Å². The van der Waals surface area contributed by atoms with Gasteiger partial charge in [0.25, 0.3) is 0 Å². The first-order valence-electron chi connectivity index (χ1n) is 5.56. The first-order valence-corrected chi connectivity index (χ1v) is 5.56. The van der Waals surface area contributed by atoms with Gasteiger partial charge < -0.3 is 0 Å². The highest BCUT2D eigenvalue weighted by molar-refractivity contribution is 5.25. The molecule has 1 atom stereocenters. The van der Waals surface area contributed by atoms with Crippen molar-refractivity contribution >= 4 is 0 Å². The Hall–Kier alpha value is -0.820. The molecule has 14 heavy (non-hydrogen) atoms. The molecule has 1 aromatic carbocycles. The van der Waals surface area contributed by atoms with E-state index in [1.807, 2.05) is 0 Å². The zero-order valence-corrected chi connectivity index (χ0v) is 9.16. The van der Waals surface area contributed by atoms with Gasteiger partial charge in [-0.2, -0.15) is 0 Å². The predicted octanol–water partition coefficient (Wildman–Crippen LogP) is 3.02. The second-order valence-corrected chi connectivity index (χ2v) is 4.28. The van der Waals surface area contributed by atoms with Crippen LogP contribution in [-0.4, -0.2) is 18.5 Å². The number of hydrogen-bond acceptors (Lipinski definition) is 1. The molecule has 1 aliphatic rings. The molecular weight excluding hydrogens is 170 g/mol. The van der Waals surface area contributed by atoms with E-state index >= 15 is 0 Å². The van der Waals surface area contributed by atoms with Gasteiger partial charge in [-0.25, -0.2) is 0 Å². The molecule has 1 unspecified atom stereocenters. The Kier molecular flexibility index (Phi) is 2.60. The molecule has 1 heteroatoms. The maximum Gasteiger partial charge on any atom is 0.0455 e. The average Bonchev–Trinajstić information content (AvgIpc) is 2.62. The maximum absolute atomic E-state index is 2.52. The lowest BCUT2D eigenvalue weighted by molar-refractivity contribution is 0.168. The standard InChI is InChI=1S/C13H19N/c1-3-13(10-7-11-14(13)2)12-8-5-4-6-9-12/h4-6,8-9H,3,7,10-11H2,1-2H3. The molecule has 1 aromatic rings. The molecule has 0 aromatic heterocycles. The summed E-state index contributed by atoms with van der Waals surface area (Å²) in [5.74, 6) is 0. The van der Waals surface area contributed by atoms with Crippen molar-refractivity contribution in [3.8, 4) is 0 Å². The molecule has 1 saturated heterocycles. The lowest BCUT2D eigenvalue weighted by Gasteiger charge is -2.36. The van der Waals surface area contributed by atoms with Crippen molar-refractivity contribution in [2.24, 2.45) is 0 Å². The molecule has 1 heterocycles.